The van der Waals surface area contributed by atoms with Gasteiger partial charge in [-0.15, -0.1) is 0 Å². The van der Waals surface area contributed by atoms with Crippen LogP contribution < -0.4 is 10.8 Å². The molecule has 4 rings (SSSR count). The Bertz CT molecular complexity index is 860. The molecule has 1 unspecified atom stereocenters. The van der Waals surface area contributed by atoms with Gasteiger partial charge in [0.15, 0.2) is 0 Å². The Morgan fingerprint density at radius 1 is 1.44 bits per heavy atom. The smallest absolute Gasteiger partial charge is 0.274 e. The van der Waals surface area contributed by atoms with Crippen LogP contribution >= 0.6 is 0 Å². The predicted molar refractivity (Wildman–Crippen MR) is 89.1 cm³/mol. The topological polar surface area (TPSA) is 96.3 Å². The van der Waals surface area contributed by atoms with E-state index >= 15 is 0 Å². The van der Waals surface area contributed by atoms with Crippen LogP contribution in [0.25, 0.3) is 0 Å². The molecule has 130 valence electrons. The van der Waals surface area contributed by atoms with E-state index in [1.807, 2.05) is 31.6 Å². The molecule has 1 aromatic heterocycles. The average Bonchev–Trinajstić information content (AvgIpc) is 3.20. The zero-order chi connectivity index (χ0) is 17.6. The van der Waals surface area contributed by atoms with Gasteiger partial charge in [-0.1, -0.05) is 6.07 Å². The highest BCUT2D eigenvalue weighted by molar-refractivity contribution is 5.94. The normalized spacial score (nSPS) is 24.9. The summed E-state index contributed by atoms with van der Waals surface area (Å²) in [7, 11) is 1.86. The first-order chi connectivity index (χ1) is 12.0. The molecule has 1 aliphatic heterocycles. The molecule has 7 heteroatoms. The van der Waals surface area contributed by atoms with Crippen molar-refractivity contribution in [2.75, 3.05) is 6.54 Å². The van der Waals surface area contributed by atoms with E-state index in [1.54, 1.807) is 16.2 Å². The first-order valence-electron chi connectivity index (χ1n) is 8.39. The summed E-state index contributed by atoms with van der Waals surface area (Å²) >= 11 is 0. The van der Waals surface area contributed by atoms with Crippen LogP contribution in [0.5, 0.6) is 0 Å². The predicted octanol–water partition coefficient (Wildman–Crippen LogP) is 1.12. The number of nitrogens with zero attached hydrogens (tertiary/aromatic N) is 2. The lowest BCUT2D eigenvalue weighted by Crippen LogP contribution is -2.41. The van der Waals surface area contributed by atoms with Crippen molar-refractivity contribution in [2.45, 2.75) is 25.2 Å². The molecule has 0 saturated carbocycles. The molecule has 25 heavy (non-hydrogen) atoms. The van der Waals surface area contributed by atoms with E-state index < -0.39 is 11.3 Å². The van der Waals surface area contributed by atoms with E-state index in [2.05, 4.69) is 10.4 Å². The lowest BCUT2D eigenvalue weighted by Gasteiger charge is -2.40. The Labute approximate surface area is 145 Å². The van der Waals surface area contributed by atoms with Gasteiger partial charge in [0, 0.05) is 31.3 Å². The fraction of sp³-hybridized carbons (Fsp3) is 0.389. The molecule has 1 aromatic carbocycles. The molecule has 1 spiro atoms. The number of aryl methyl sites for hydroxylation is 2. The van der Waals surface area contributed by atoms with Crippen molar-refractivity contribution in [3.8, 4) is 0 Å². The molecular formula is C18H20N4O3. The van der Waals surface area contributed by atoms with E-state index in [1.165, 1.54) is 0 Å². The summed E-state index contributed by atoms with van der Waals surface area (Å²) in [6.07, 6.45) is 6.04. The maximum atomic E-state index is 12.7. The van der Waals surface area contributed by atoms with Gasteiger partial charge < -0.3 is 5.32 Å². The van der Waals surface area contributed by atoms with Crippen LogP contribution in [0.1, 0.15) is 45.8 Å². The zero-order valence-corrected chi connectivity index (χ0v) is 14.0. The number of nitrogens with one attached hydrogen (secondary N) is 2. The molecule has 2 atom stereocenters. The van der Waals surface area contributed by atoms with Crippen molar-refractivity contribution >= 4 is 11.8 Å². The van der Waals surface area contributed by atoms with Crippen molar-refractivity contribution in [3.63, 3.8) is 0 Å². The second-order valence-electron chi connectivity index (χ2n) is 6.90. The third-order valence-electron chi connectivity index (χ3n) is 5.58. The van der Waals surface area contributed by atoms with Crippen LogP contribution in [0.2, 0.25) is 0 Å². The minimum atomic E-state index is -0.528. The summed E-state index contributed by atoms with van der Waals surface area (Å²) in [5.41, 5.74) is 4.74. The first kappa shape index (κ1) is 15.8. The van der Waals surface area contributed by atoms with Gasteiger partial charge in [0.05, 0.1) is 11.6 Å². The van der Waals surface area contributed by atoms with Crippen molar-refractivity contribution < 1.29 is 14.8 Å². The van der Waals surface area contributed by atoms with Crippen LogP contribution in [0.3, 0.4) is 0 Å². The number of rotatable bonds is 2. The highest BCUT2D eigenvalue weighted by Gasteiger charge is 2.52. The summed E-state index contributed by atoms with van der Waals surface area (Å²) in [6.45, 7) is 0.690. The quantitative estimate of drug-likeness (QED) is 0.564. The third kappa shape index (κ3) is 2.34. The second kappa shape index (κ2) is 5.70. The molecule has 7 nitrogen and oxygen atoms in total. The highest BCUT2D eigenvalue weighted by atomic mass is 16.5. The molecule has 1 saturated heterocycles. The Balaban J connectivity index is 1.86. The van der Waals surface area contributed by atoms with Gasteiger partial charge in [0.1, 0.15) is 0 Å². The average molecular weight is 340 g/mol. The number of benzene rings is 1. The Morgan fingerprint density at radius 3 is 2.92 bits per heavy atom. The maximum Gasteiger partial charge on any atom is 0.274 e. The minimum absolute atomic E-state index is 0.0845. The monoisotopic (exact) mass is 340 g/mol. The fourth-order valence-electron chi connectivity index (χ4n) is 4.40. The van der Waals surface area contributed by atoms with Crippen LogP contribution in [0.15, 0.2) is 30.6 Å². The van der Waals surface area contributed by atoms with Gasteiger partial charge in [-0.25, -0.2) is 5.48 Å². The Hall–Kier alpha value is -2.67. The summed E-state index contributed by atoms with van der Waals surface area (Å²) in [5.74, 6) is -0.512. The Kier molecular flexibility index (Phi) is 3.61. The molecule has 2 aromatic rings. The van der Waals surface area contributed by atoms with Crippen LogP contribution in [-0.4, -0.2) is 33.3 Å². The third-order valence-corrected chi connectivity index (χ3v) is 5.58. The number of amides is 2. The molecule has 0 radical (unpaired) electrons. The second-order valence-corrected chi connectivity index (χ2v) is 6.90. The molecule has 1 aliphatic carbocycles. The van der Waals surface area contributed by atoms with Crippen LogP contribution in [-0.2, 0) is 18.3 Å². The zero-order valence-electron chi connectivity index (χ0n) is 14.0. The van der Waals surface area contributed by atoms with E-state index in [4.69, 9.17) is 5.21 Å². The fourth-order valence-corrected chi connectivity index (χ4v) is 4.40. The maximum absolute atomic E-state index is 12.7. The molecule has 2 heterocycles. The molecule has 3 N–H and O–H groups in total. The number of carbonyl (C=O) groups is 2. The van der Waals surface area contributed by atoms with E-state index in [0.717, 1.165) is 36.0 Å². The lowest BCUT2D eigenvalue weighted by atomic mass is 9.61. The Morgan fingerprint density at radius 2 is 2.28 bits per heavy atom. The van der Waals surface area contributed by atoms with Gasteiger partial charge in [-0.05, 0) is 48.1 Å². The molecule has 2 aliphatic rings. The molecule has 0 bridgehead atoms. The van der Waals surface area contributed by atoms with Crippen molar-refractivity contribution in [3.05, 3.63) is 52.8 Å². The van der Waals surface area contributed by atoms with E-state index in [0.29, 0.717) is 12.1 Å². The molecule has 1 fully saturated rings. The number of hydrogen-bond donors (Lipinski definition) is 3. The van der Waals surface area contributed by atoms with Gasteiger partial charge in [-0.3, -0.25) is 19.5 Å². The number of aromatic nitrogens is 2. The van der Waals surface area contributed by atoms with Crippen LogP contribution in [0, 0.1) is 5.41 Å². The first-order valence-corrected chi connectivity index (χ1v) is 8.39. The summed E-state index contributed by atoms with van der Waals surface area (Å²) in [4.78, 5) is 24.5. The molecule has 2 amide bonds. The number of hydroxylamine groups is 1. The van der Waals surface area contributed by atoms with Gasteiger partial charge in [0.2, 0.25) is 5.91 Å². The number of fused-ring (bicyclic) bond motifs is 1. The summed E-state index contributed by atoms with van der Waals surface area (Å²) in [5, 5.41) is 16.1. The standard InChI is InChI=1S/C18H20N4O3/c1-22-10-13(9-20-22)15-14-3-2-12(16(23)21-25)8-11(14)4-5-18(15)6-7-19-17(18)24/h2-3,8-10,15,25H,4-7H2,1H3,(H,19,24)(H,21,23)/t15?,18-/m1/s1. The number of carbonyl (C=O) groups excluding carboxylic acids is 2. The lowest BCUT2D eigenvalue weighted by molar-refractivity contribution is -0.129. The minimum Gasteiger partial charge on any atom is -0.356 e. The van der Waals surface area contributed by atoms with Crippen LogP contribution in [0.4, 0.5) is 0 Å². The van der Waals surface area contributed by atoms with E-state index in [-0.39, 0.29) is 11.8 Å². The van der Waals surface area contributed by atoms with Crippen molar-refractivity contribution in [1.82, 2.24) is 20.6 Å². The van der Waals surface area contributed by atoms with Crippen molar-refractivity contribution in [2.24, 2.45) is 12.5 Å². The summed E-state index contributed by atoms with van der Waals surface area (Å²) < 4.78 is 1.75. The van der Waals surface area contributed by atoms with Gasteiger partial charge in [-0.2, -0.15) is 5.10 Å². The van der Waals surface area contributed by atoms with Gasteiger partial charge >= 0.3 is 0 Å². The number of hydrogen-bond acceptors (Lipinski definition) is 4. The van der Waals surface area contributed by atoms with E-state index in [9.17, 15) is 9.59 Å². The SMILES string of the molecule is Cn1cc(C2c3ccc(C(=O)NO)cc3CC[C@@]23CCNC3=O)cn1. The molecular weight excluding hydrogens is 320 g/mol. The van der Waals surface area contributed by atoms with Crippen molar-refractivity contribution in [1.29, 1.82) is 0 Å². The largest absolute Gasteiger partial charge is 0.356 e. The summed E-state index contributed by atoms with van der Waals surface area (Å²) in [6, 6.07) is 5.41. The highest BCUT2D eigenvalue weighted by Crippen LogP contribution is 2.53. The van der Waals surface area contributed by atoms with Gasteiger partial charge in [0.25, 0.3) is 5.91 Å².